The summed E-state index contributed by atoms with van der Waals surface area (Å²) < 4.78 is 5.29. The number of methoxy groups -OCH3 is 1. The Morgan fingerprint density at radius 2 is 2.12 bits per heavy atom. The van der Waals surface area contributed by atoms with E-state index in [0.717, 1.165) is 5.56 Å². The van der Waals surface area contributed by atoms with Crippen LogP contribution in [-0.4, -0.2) is 18.2 Å². The zero-order chi connectivity index (χ0) is 11.9. The van der Waals surface area contributed by atoms with Crippen molar-refractivity contribution < 1.29 is 14.6 Å². The average molecular weight is 241 g/mol. The van der Waals surface area contributed by atoms with Crippen LogP contribution in [-0.2, 0) is 10.2 Å². The van der Waals surface area contributed by atoms with E-state index in [0.29, 0.717) is 29.2 Å². The summed E-state index contributed by atoms with van der Waals surface area (Å²) in [6.07, 6.45) is 1.30. The number of benzene rings is 1. The molecule has 1 aromatic carbocycles. The lowest BCUT2D eigenvalue weighted by Crippen LogP contribution is -2.20. The van der Waals surface area contributed by atoms with Crippen LogP contribution in [0.25, 0.3) is 0 Å². The molecule has 0 radical (unpaired) electrons. The van der Waals surface area contributed by atoms with Gasteiger partial charge in [0.15, 0.2) is 0 Å². The van der Waals surface area contributed by atoms with Crippen LogP contribution in [0.3, 0.4) is 0 Å². The van der Waals surface area contributed by atoms with Gasteiger partial charge in [-0.3, -0.25) is 4.79 Å². The number of aryl methyl sites for hydroxylation is 1. The molecule has 2 rings (SSSR count). The molecule has 0 bridgehead atoms. The van der Waals surface area contributed by atoms with Crippen molar-refractivity contribution in [1.29, 1.82) is 0 Å². The summed E-state index contributed by atoms with van der Waals surface area (Å²) in [5, 5.41) is 9.82. The molecule has 0 heterocycles. The van der Waals surface area contributed by atoms with Crippen molar-refractivity contribution >= 4 is 17.6 Å². The lowest BCUT2D eigenvalue weighted by molar-refractivity contribution is -0.140. The van der Waals surface area contributed by atoms with Gasteiger partial charge in [0.2, 0.25) is 0 Å². The molecule has 1 N–H and O–H groups in total. The molecule has 4 heteroatoms. The van der Waals surface area contributed by atoms with E-state index in [4.69, 9.17) is 16.3 Å². The summed E-state index contributed by atoms with van der Waals surface area (Å²) >= 11 is 5.97. The van der Waals surface area contributed by atoms with Crippen LogP contribution in [0.1, 0.15) is 24.0 Å². The Kier molecular flexibility index (Phi) is 2.58. The maximum absolute atomic E-state index is 11.3. The third kappa shape index (κ3) is 1.55. The maximum atomic E-state index is 11.3. The lowest BCUT2D eigenvalue weighted by Gasteiger charge is -2.17. The fraction of sp³-hybridized carbons (Fsp3) is 0.417. The van der Waals surface area contributed by atoms with Crippen molar-refractivity contribution in [1.82, 2.24) is 0 Å². The molecule has 3 nitrogen and oxygen atoms in total. The number of carboxylic acids is 1. The second-order valence-electron chi connectivity index (χ2n) is 4.19. The van der Waals surface area contributed by atoms with Gasteiger partial charge in [-0.05, 0) is 37.5 Å². The standard InChI is InChI=1S/C12H13ClO3/c1-7-5-8(13)6-9(10(7)16-2)12(3-4-12)11(14)15/h5-6H,3-4H2,1-2H3,(H,14,15). The summed E-state index contributed by atoms with van der Waals surface area (Å²) in [4.78, 5) is 11.3. The van der Waals surface area contributed by atoms with Crippen LogP contribution < -0.4 is 4.74 Å². The third-order valence-electron chi connectivity index (χ3n) is 3.12. The van der Waals surface area contributed by atoms with Crippen LogP contribution in [0.5, 0.6) is 5.75 Å². The first kappa shape index (κ1) is 11.3. The zero-order valence-corrected chi connectivity index (χ0v) is 9.97. The van der Waals surface area contributed by atoms with Crippen molar-refractivity contribution in [3.63, 3.8) is 0 Å². The number of ether oxygens (including phenoxy) is 1. The van der Waals surface area contributed by atoms with Gasteiger partial charge in [-0.1, -0.05) is 11.6 Å². The molecule has 0 amide bonds. The van der Waals surface area contributed by atoms with E-state index < -0.39 is 11.4 Å². The Labute approximate surface area is 99.0 Å². The van der Waals surface area contributed by atoms with Gasteiger partial charge in [0, 0.05) is 10.6 Å². The molecule has 0 atom stereocenters. The second-order valence-corrected chi connectivity index (χ2v) is 4.63. The van der Waals surface area contributed by atoms with Gasteiger partial charge in [0.1, 0.15) is 5.75 Å². The highest BCUT2D eigenvalue weighted by Gasteiger charge is 2.53. The van der Waals surface area contributed by atoms with E-state index in [9.17, 15) is 9.90 Å². The first-order chi connectivity index (χ1) is 7.51. The number of aliphatic carboxylic acids is 1. The number of rotatable bonds is 3. The van der Waals surface area contributed by atoms with Crippen molar-refractivity contribution in [2.24, 2.45) is 0 Å². The van der Waals surface area contributed by atoms with E-state index >= 15 is 0 Å². The van der Waals surface area contributed by atoms with Crippen molar-refractivity contribution in [2.45, 2.75) is 25.2 Å². The van der Waals surface area contributed by atoms with Gasteiger partial charge in [-0.15, -0.1) is 0 Å². The first-order valence-corrected chi connectivity index (χ1v) is 5.47. The van der Waals surface area contributed by atoms with E-state index in [1.807, 2.05) is 6.92 Å². The van der Waals surface area contributed by atoms with Crippen LogP contribution in [0, 0.1) is 6.92 Å². The molecule has 1 aliphatic carbocycles. The van der Waals surface area contributed by atoms with Gasteiger partial charge in [0.25, 0.3) is 0 Å². The zero-order valence-electron chi connectivity index (χ0n) is 9.21. The average Bonchev–Trinajstić information content (AvgIpc) is 2.97. The van der Waals surface area contributed by atoms with Gasteiger partial charge in [0.05, 0.1) is 12.5 Å². The van der Waals surface area contributed by atoms with E-state index in [1.54, 1.807) is 19.2 Å². The molecule has 0 saturated heterocycles. The van der Waals surface area contributed by atoms with E-state index in [-0.39, 0.29) is 0 Å². The third-order valence-corrected chi connectivity index (χ3v) is 3.34. The number of carbonyl (C=O) groups is 1. The minimum absolute atomic E-state index is 0.556. The first-order valence-electron chi connectivity index (χ1n) is 5.09. The largest absolute Gasteiger partial charge is 0.496 e. The van der Waals surface area contributed by atoms with Gasteiger partial charge >= 0.3 is 5.97 Å². The second kappa shape index (κ2) is 3.67. The molecule has 0 unspecified atom stereocenters. The number of hydrogen-bond donors (Lipinski definition) is 1. The molecule has 0 aliphatic heterocycles. The summed E-state index contributed by atoms with van der Waals surface area (Å²) in [6.45, 7) is 1.87. The predicted octanol–water partition coefficient (Wildman–Crippen LogP) is 2.77. The summed E-state index contributed by atoms with van der Waals surface area (Å²) in [5.74, 6) is -0.156. The predicted molar refractivity (Wildman–Crippen MR) is 61.3 cm³/mol. The Morgan fingerprint density at radius 1 is 1.50 bits per heavy atom. The fourth-order valence-electron chi connectivity index (χ4n) is 2.08. The van der Waals surface area contributed by atoms with Gasteiger partial charge in [-0.2, -0.15) is 0 Å². The summed E-state index contributed by atoms with van der Waals surface area (Å²) in [7, 11) is 1.55. The van der Waals surface area contributed by atoms with Crippen LogP contribution in [0.15, 0.2) is 12.1 Å². The highest BCUT2D eigenvalue weighted by atomic mass is 35.5. The van der Waals surface area contributed by atoms with E-state index in [2.05, 4.69) is 0 Å². The molecule has 0 spiro atoms. The van der Waals surface area contributed by atoms with Gasteiger partial charge in [-0.25, -0.2) is 0 Å². The molecule has 1 aliphatic rings. The Balaban J connectivity index is 2.60. The molecular formula is C12H13ClO3. The monoisotopic (exact) mass is 240 g/mol. The van der Waals surface area contributed by atoms with Gasteiger partial charge < -0.3 is 9.84 Å². The maximum Gasteiger partial charge on any atom is 0.314 e. The number of carboxylic acid groups (broad SMARTS) is 1. The number of hydrogen-bond acceptors (Lipinski definition) is 2. The highest BCUT2D eigenvalue weighted by Crippen LogP contribution is 2.52. The molecule has 1 aromatic rings. The number of halogens is 1. The van der Waals surface area contributed by atoms with E-state index in [1.165, 1.54) is 0 Å². The SMILES string of the molecule is COc1c(C)cc(Cl)cc1C1(C(=O)O)CC1. The highest BCUT2D eigenvalue weighted by molar-refractivity contribution is 6.30. The van der Waals surface area contributed by atoms with Crippen LogP contribution in [0.4, 0.5) is 0 Å². The lowest BCUT2D eigenvalue weighted by atomic mass is 9.93. The Hall–Kier alpha value is -1.22. The normalized spacial score (nSPS) is 16.9. The van der Waals surface area contributed by atoms with Crippen molar-refractivity contribution in [2.75, 3.05) is 7.11 Å². The van der Waals surface area contributed by atoms with Crippen molar-refractivity contribution in [3.8, 4) is 5.75 Å². The minimum Gasteiger partial charge on any atom is -0.496 e. The quantitative estimate of drug-likeness (QED) is 0.884. The molecule has 86 valence electrons. The molecule has 16 heavy (non-hydrogen) atoms. The Bertz CT molecular complexity index is 450. The summed E-state index contributed by atoms with van der Waals surface area (Å²) in [6, 6.07) is 3.48. The molecule has 1 saturated carbocycles. The van der Waals surface area contributed by atoms with Crippen LogP contribution in [0.2, 0.25) is 5.02 Å². The minimum atomic E-state index is -0.799. The van der Waals surface area contributed by atoms with Crippen LogP contribution >= 0.6 is 11.6 Å². The van der Waals surface area contributed by atoms with Crippen molar-refractivity contribution in [3.05, 3.63) is 28.3 Å². The topological polar surface area (TPSA) is 46.5 Å². The smallest absolute Gasteiger partial charge is 0.314 e. The summed E-state index contributed by atoms with van der Waals surface area (Å²) in [5.41, 5.74) is 0.797. The molecule has 1 fully saturated rings. The Morgan fingerprint density at radius 3 is 2.56 bits per heavy atom. The molecule has 0 aromatic heterocycles. The fourth-order valence-corrected chi connectivity index (χ4v) is 2.35. The molecular weight excluding hydrogens is 228 g/mol.